The molecule has 0 N–H and O–H groups in total. The first-order chi connectivity index (χ1) is 9.04. The van der Waals surface area contributed by atoms with E-state index in [1.165, 1.54) is 13.3 Å². The Bertz CT molecular complexity index is 361. The van der Waals surface area contributed by atoms with Gasteiger partial charge < -0.3 is 4.74 Å². The zero-order chi connectivity index (χ0) is 15.4. The topological polar surface area (TPSA) is 51.0 Å². The normalized spacial score (nSPS) is 20.1. The quantitative estimate of drug-likeness (QED) is 0.545. The van der Waals surface area contributed by atoms with Gasteiger partial charge in [-0.05, 0) is 38.5 Å². The van der Waals surface area contributed by atoms with Gasteiger partial charge >= 0.3 is 5.97 Å². The molecule has 0 unspecified atom stereocenters. The molecule has 20 heavy (non-hydrogen) atoms. The molecule has 0 heterocycles. The Balaban J connectivity index is 2.83. The van der Waals surface area contributed by atoms with Gasteiger partial charge in [-0.1, -0.05) is 27.2 Å². The van der Waals surface area contributed by atoms with Gasteiger partial charge in [0.2, 0.25) is 5.72 Å². The van der Waals surface area contributed by atoms with Crippen molar-refractivity contribution in [2.24, 2.45) is 15.6 Å². The second-order valence-electron chi connectivity index (χ2n) is 7.85. The first-order valence-corrected chi connectivity index (χ1v) is 7.67. The molecule has 1 aliphatic carbocycles. The Morgan fingerprint density at radius 3 is 2.10 bits per heavy atom. The molecule has 0 radical (unpaired) electrons. The molecule has 0 aromatic rings. The molecule has 0 atom stereocenters. The number of ether oxygens (including phenoxy) is 1. The average Bonchev–Trinajstić information content (AvgIpc) is 2.24. The Morgan fingerprint density at radius 1 is 1.10 bits per heavy atom. The SMILES string of the molecule is CC(=O)OC1(/N=N/C(C)(C)CC(C)(C)C)CCCCC1. The van der Waals surface area contributed by atoms with Gasteiger partial charge in [0.1, 0.15) is 0 Å². The zero-order valence-electron chi connectivity index (χ0n) is 14.0. The largest absolute Gasteiger partial charge is 0.436 e. The molecule has 0 aliphatic heterocycles. The molecule has 116 valence electrons. The van der Waals surface area contributed by atoms with Crippen LogP contribution in [0, 0.1) is 5.41 Å². The predicted octanol–water partition coefficient (Wildman–Crippen LogP) is 4.88. The number of nitrogens with zero attached hydrogens (tertiary/aromatic N) is 2. The average molecular weight is 282 g/mol. The van der Waals surface area contributed by atoms with Gasteiger partial charge in [0.05, 0.1) is 5.54 Å². The molecule has 4 nitrogen and oxygen atoms in total. The van der Waals surface area contributed by atoms with Crippen LogP contribution in [-0.2, 0) is 9.53 Å². The first kappa shape index (κ1) is 17.1. The van der Waals surface area contributed by atoms with Crippen molar-refractivity contribution in [1.29, 1.82) is 0 Å². The third-order valence-corrected chi connectivity index (χ3v) is 3.43. The third-order valence-electron chi connectivity index (χ3n) is 3.43. The molecule has 4 heteroatoms. The maximum absolute atomic E-state index is 11.3. The summed E-state index contributed by atoms with van der Waals surface area (Å²) in [6, 6.07) is 0. The van der Waals surface area contributed by atoms with Crippen molar-refractivity contribution >= 4 is 5.97 Å². The number of hydrogen-bond acceptors (Lipinski definition) is 4. The second kappa shape index (κ2) is 6.23. The van der Waals surface area contributed by atoms with Crippen LogP contribution in [0.5, 0.6) is 0 Å². The maximum Gasteiger partial charge on any atom is 0.304 e. The molecule has 0 aromatic carbocycles. The fourth-order valence-electron chi connectivity index (χ4n) is 3.15. The summed E-state index contributed by atoms with van der Waals surface area (Å²) in [7, 11) is 0. The van der Waals surface area contributed by atoms with Crippen LogP contribution in [0.2, 0.25) is 0 Å². The van der Waals surface area contributed by atoms with Gasteiger partial charge in [-0.3, -0.25) is 4.79 Å². The van der Waals surface area contributed by atoms with Crippen molar-refractivity contribution in [1.82, 2.24) is 0 Å². The highest BCUT2D eigenvalue weighted by molar-refractivity contribution is 5.66. The summed E-state index contributed by atoms with van der Waals surface area (Å²) in [5.41, 5.74) is -0.744. The minimum absolute atomic E-state index is 0.198. The highest BCUT2D eigenvalue weighted by atomic mass is 16.6. The van der Waals surface area contributed by atoms with Crippen molar-refractivity contribution in [3.8, 4) is 0 Å². The molecule has 0 amide bonds. The van der Waals surface area contributed by atoms with E-state index < -0.39 is 5.72 Å². The van der Waals surface area contributed by atoms with E-state index in [-0.39, 0.29) is 16.9 Å². The fourth-order valence-corrected chi connectivity index (χ4v) is 3.15. The van der Waals surface area contributed by atoms with Gasteiger partial charge in [-0.25, -0.2) is 0 Å². The standard InChI is InChI=1S/C16H30N2O2/c1-13(19)20-16(10-8-7-9-11-16)18-17-15(5,6)12-14(2,3)4/h7-12H2,1-6H3/b18-17+. The van der Waals surface area contributed by atoms with E-state index in [4.69, 9.17) is 4.74 Å². The molecule has 0 saturated heterocycles. The molecular formula is C16H30N2O2. The van der Waals surface area contributed by atoms with E-state index in [1.807, 2.05) is 0 Å². The van der Waals surface area contributed by atoms with Crippen LogP contribution >= 0.6 is 0 Å². The van der Waals surface area contributed by atoms with E-state index in [0.29, 0.717) is 0 Å². The van der Waals surface area contributed by atoms with Gasteiger partial charge in [0.15, 0.2) is 0 Å². The van der Waals surface area contributed by atoms with Crippen LogP contribution in [0.3, 0.4) is 0 Å². The van der Waals surface area contributed by atoms with Crippen LogP contribution < -0.4 is 0 Å². The van der Waals surface area contributed by atoms with Crippen molar-refractivity contribution < 1.29 is 9.53 Å². The number of carbonyl (C=O) groups excluding carboxylic acids is 1. The first-order valence-electron chi connectivity index (χ1n) is 7.67. The van der Waals surface area contributed by atoms with E-state index >= 15 is 0 Å². The minimum atomic E-state index is -0.709. The minimum Gasteiger partial charge on any atom is -0.436 e. The summed E-state index contributed by atoms with van der Waals surface area (Å²) in [6.07, 6.45) is 5.81. The van der Waals surface area contributed by atoms with E-state index in [0.717, 1.165) is 32.1 Å². The summed E-state index contributed by atoms with van der Waals surface area (Å²) in [6.45, 7) is 12.2. The molecule has 1 aliphatic rings. The number of esters is 1. The van der Waals surface area contributed by atoms with Crippen molar-refractivity contribution in [2.75, 3.05) is 0 Å². The van der Waals surface area contributed by atoms with E-state index in [9.17, 15) is 4.79 Å². The molecule has 1 saturated carbocycles. The Hall–Kier alpha value is -0.930. The molecule has 1 fully saturated rings. The van der Waals surface area contributed by atoms with Gasteiger partial charge in [-0.2, -0.15) is 5.11 Å². The fraction of sp³-hybridized carbons (Fsp3) is 0.938. The van der Waals surface area contributed by atoms with Crippen molar-refractivity contribution in [2.45, 2.75) is 91.3 Å². The lowest BCUT2D eigenvalue weighted by Gasteiger charge is -2.34. The molecule has 0 spiro atoms. The van der Waals surface area contributed by atoms with Gasteiger partial charge in [0.25, 0.3) is 0 Å². The van der Waals surface area contributed by atoms with Gasteiger partial charge in [-0.15, -0.1) is 5.11 Å². The molecule has 0 bridgehead atoms. The second-order valence-corrected chi connectivity index (χ2v) is 7.85. The molecule has 1 rings (SSSR count). The van der Waals surface area contributed by atoms with Crippen LogP contribution in [0.15, 0.2) is 10.2 Å². The summed E-state index contributed by atoms with van der Waals surface area (Å²) in [5.74, 6) is -0.264. The van der Waals surface area contributed by atoms with Crippen LogP contribution in [-0.4, -0.2) is 17.2 Å². The van der Waals surface area contributed by atoms with Gasteiger partial charge in [0, 0.05) is 19.8 Å². The highest BCUT2D eigenvalue weighted by Gasteiger charge is 2.36. The van der Waals surface area contributed by atoms with Crippen molar-refractivity contribution in [3.63, 3.8) is 0 Å². The Morgan fingerprint density at radius 2 is 1.65 bits per heavy atom. The lowest BCUT2D eigenvalue weighted by molar-refractivity contribution is -0.160. The predicted molar refractivity (Wildman–Crippen MR) is 80.6 cm³/mol. The summed E-state index contributed by atoms with van der Waals surface area (Å²) >= 11 is 0. The number of carbonyl (C=O) groups is 1. The van der Waals surface area contributed by atoms with Crippen LogP contribution in [0.1, 0.15) is 80.1 Å². The number of rotatable bonds is 4. The summed E-state index contributed by atoms with van der Waals surface area (Å²) in [4.78, 5) is 11.3. The number of hydrogen-bond donors (Lipinski definition) is 0. The summed E-state index contributed by atoms with van der Waals surface area (Å²) in [5, 5.41) is 9.03. The Labute approximate surface area is 123 Å². The van der Waals surface area contributed by atoms with E-state index in [2.05, 4.69) is 44.8 Å². The highest BCUT2D eigenvalue weighted by Crippen LogP contribution is 2.36. The monoisotopic (exact) mass is 282 g/mol. The lowest BCUT2D eigenvalue weighted by Crippen LogP contribution is -2.35. The maximum atomic E-state index is 11.3. The van der Waals surface area contributed by atoms with E-state index in [1.54, 1.807) is 0 Å². The van der Waals surface area contributed by atoms with Crippen LogP contribution in [0.25, 0.3) is 0 Å². The smallest absolute Gasteiger partial charge is 0.304 e. The number of azo groups is 1. The van der Waals surface area contributed by atoms with Crippen molar-refractivity contribution in [3.05, 3.63) is 0 Å². The Kier molecular flexibility index (Phi) is 5.33. The van der Waals surface area contributed by atoms with Crippen LogP contribution in [0.4, 0.5) is 0 Å². The zero-order valence-corrected chi connectivity index (χ0v) is 14.0. The third kappa shape index (κ3) is 6.02. The lowest BCUT2D eigenvalue weighted by atomic mass is 9.82. The molecular weight excluding hydrogens is 252 g/mol. The molecule has 0 aromatic heterocycles. The summed E-state index contributed by atoms with van der Waals surface area (Å²) < 4.78 is 5.50.